The highest BCUT2D eigenvalue weighted by molar-refractivity contribution is 5.85. The monoisotopic (exact) mass is 332 g/mol. The van der Waals surface area contributed by atoms with Gasteiger partial charge in [-0.3, -0.25) is 9.59 Å². The summed E-state index contributed by atoms with van der Waals surface area (Å²) in [7, 11) is 1.63. The van der Waals surface area contributed by atoms with Crippen molar-refractivity contribution in [1.82, 2.24) is 10.2 Å². The number of methoxy groups -OCH3 is 1. The van der Waals surface area contributed by atoms with Gasteiger partial charge in [-0.1, -0.05) is 32.4 Å². The van der Waals surface area contributed by atoms with Crippen molar-refractivity contribution >= 4 is 11.8 Å². The van der Waals surface area contributed by atoms with E-state index in [0.29, 0.717) is 13.0 Å². The zero-order chi connectivity index (χ0) is 17.5. The van der Waals surface area contributed by atoms with Gasteiger partial charge in [-0.15, -0.1) is 0 Å². The topological polar surface area (TPSA) is 58.6 Å². The van der Waals surface area contributed by atoms with Crippen molar-refractivity contribution in [3.05, 3.63) is 29.8 Å². The van der Waals surface area contributed by atoms with Crippen LogP contribution in [0.1, 0.15) is 51.1 Å². The summed E-state index contributed by atoms with van der Waals surface area (Å²) in [6, 6.07) is 7.66. The Kier molecular flexibility index (Phi) is 6.64. The van der Waals surface area contributed by atoms with E-state index in [9.17, 15) is 9.59 Å². The van der Waals surface area contributed by atoms with Crippen LogP contribution in [0.15, 0.2) is 24.3 Å². The zero-order valence-electron chi connectivity index (χ0n) is 14.9. The maximum absolute atomic E-state index is 12.5. The summed E-state index contributed by atoms with van der Waals surface area (Å²) in [4.78, 5) is 26.2. The first-order valence-corrected chi connectivity index (χ1v) is 8.72. The van der Waals surface area contributed by atoms with Gasteiger partial charge in [0.1, 0.15) is 5.75 Å². The summed E-state index contributed by atoms with van der Waals surface area (Å²) in [6.07, 6.45) is 3.52. The molecule has 0 aliphatic carbocycles. The summed E-state index contributed by atoms with van der Waals surface area (Å²) >= 11 is 0. The van der Waals surface area contributed by atoms with Gasteiger partial charge in [0.15, 0.2) is 0 Å². The van der Waals surface area contributed by atoms with Gasteiger partial charge in [-0.25, -0.2) is 0 Å². The lowest BCUT2D eigenvalue weighted by molar-refractivity contribution is -0.136. The Morgan fingerprint density at radius 3 is 2.54 bits per heavy atom. The lowest BCUT2D eigenvalue weighted by Crippen LogP contribution is -2.42. The third-order valence-electron chi connectivity index (χ3n) is 4.46. The molecule has 1 heterocycles. The second-order valence-electron chi connectivity index (χ2n) is 6.69. The third-order valence-corrected chi connectivity index (χ3v) is 4.46. The molecule has 0 saturated carbocycles. The Morgan fingerprint density at radius 2 is 1.92 bits per heavy atom. The molecule has 0 spiro atoms. The van der Waals surface area contributed by atoms with Gasteiger partial charge in [0.05, 0.1) is 19.7 Å². The van der Waals surface area contributed by atoms with E-state index in [4.69, 9.17) is 4.74 Å². The number of nitrogens with zero attached hydrogens (tertiary/aromatic N) is 1. The molecule has 1 N–H and O–H groups in total. The minimum atomic E-state index is -0.0974. The van der Waals surface area contributed by atoms with E-state index in [-0.39, 0.29) is 30.3 Å². The number of carbonyl (C=O) groups is 2. The average molecular weight is 332 g/mol. The van der Waals surface area contributed by atoms with Crippen molar-refractivity contribution in [3.8, 4) is 5.75 Å². The summed E-state index contributed by atoms with van der Waals surface area (Å²) < 4.78 is 5.18. The van der Waals surface area contributed by atoms with Crippen LogP contribution in [0.25, 0.3) is 0 Å². The first kappa shape index (κ1) is 18.3. The smallest absolute Gasteiger partial charge is 0.240 e. The number of benzene rings is 1. The van der Waals surface area contributed by atoms with Gasteiger partial charge in [-0.05, 0) is 36.5 Å². The molecule has 1 atom stereocenters. The molecule has 1 aromatic rings. The molecule has 132 valence electrons. The summed E-state index contributed by atoms with van der Waals surface area (Å²) in [5.74, 6) is 1.04. The normalized spacial score (nSPS) is 16.7. The summed E-state index contributed by atoms with van der Waals surface area (Å²) in [6.45, 7) is 4.98. The molecule has 2 amide bonds. The van der Waals surface area contributed by atoms with Crippen molar-refractivity contribution in [1.29, 1.82) is 0 Å². The van der Waals surface area contributed by atoms with Gasteiger partial charge in [0, 0.05) is 13.0 Å². The summed E-state index contributed by atoms with van der Waals surface area (Å²) in [5.41, 5.74) is 1.04. The number of hydrogen-bond acceptors (Lipinski definition) is 3. The molecular weight excluding hydrogens is 304 g/mol. The Bertz CT molecular complexity index is 554. The van der Waals surface area contributed by atoms with Crippen molar-refractivity contribution in [3.63, 3.8) is 0 Å². The lowest BCUT2D eigenvalue weighted by Gasteiger charge is -2.26. The summed E-state index contributed by atoms with van der Waals surface area (Å²) in [5, 5.41) is 3.08. The zero-order valence-corrected chi connectivity index (χ0v) is 14.9. The molecule has 0 aromatic heterocycles. The Balaban J connectivity index is 2.01. The fraction of sp³-hybridized carbons (Fsp3) is 0.579. The van der Waals surface area contributed by atoms with E-state index in [2.05, 4.69) is 19.2 Å². The molecule has 24 heavy (non-hydrogen) atoms. The van der Waals surface area contributed by atoms with Crippen LogP contribution >= 0.6 is 0 Å². The Morgan fingerprint density at radius 1 is 1.21 bits per heavy atom. The van der Waals surface area contributed by atoms with Crippen molar-refractivity contribution in [2.24, 2.45) is 5.92 Å². The molecule has 0 unspecified atom stereocenters. The van der Waals surface area contributed by atoms with Gasteiger partial charge < -0.3 is 15.0 Å². The highest BCUT2D eigenvalue weighted by Gasteiger charge is 2.23. The second kappa shape index (κ2) is 8.71. The number of amides is 2. The second-order valence-corrected chi connectivity index (χ2v) is 6.69. The highest BCUT2D eigenvalue weighted by Crippen LogP contribution is 2.24. The fourth-order valence-electron chi connectivity index (χ4n) is 3.04. The van der Waals surface area contributed by atoms with Crippen LogP contribution in [0.3, 0.4) is 0 Å². The Hall–Kier alpha value is -2.04. The van der Waals surface area contributed by atoms with Crippen LogP contribution < -0.4 is 10.1 Å². The minimum Gasteiger partial charge on any atom is -0.497 e. The fourth-order valence-corrected chi connectivity index (χ4v) is 3.04. The molecule has 1 aromatic carbocycles. The molecule has 1 aliphatic heterocycles. The molecule has 1 saturated heterocycles. The Labute approximate surface area is 144 Å². The first-order chi connectivity index (χ1) is 11.5. The molecular formula is C19H28N2O3. The SMILES string of the molecule is COc1ccc([C@H](NC(=O)CN2CCCCCC2=O)C(C)C)cc1. The predicted molar refractivity (Wildman–Crippen MR) is 93.8 cm³/mol. The minimum absolute atomic E-state index is 0.0783. The number of nitrogens with one attached hydrogen (secondary N) is 1. The van der Waals surface area contributed by atoms with Crippen LogP contribution in [-0.4, -0.2) is 36.9 Å². The largest absolute Gasteiger partial charge is 0.497 e. The maximum atomic E-state index is 12.5. The number of ether oxygens (including phenoxy) is 1. The molecule has 1 aliphatic rings. The number of rotatable bonds is 6. The molecule has 1 fully saturated rings. The van der Waals surface area contributed by atoms with Gasteiger partial charge >= 0.3 is 0 Å². The first-order valence-electron chi connectivity index (χ1n) is 8.72. The quantitative estimate of drug-likeness (QED) is 0.871. The number of likely N-dealkylation sites (tertiary alicyclic amines) is 1. The van der Waals surface area contributed by atoms with Crippen molar-refractivity contribution in [2.75, 3.05) is 20.2 Å². The van der Waals surface area contributed by atoms with E-state index in [0.717, 1.165) is 30.6 Å². The molecule has 0 bridgehead atoms. The standard InChI is InChI=1S/C19H28N2O3/c1-14(2)19(15-8-10-16(24-3)11-9-15)20-17(22)13-21-12-6-4-5-7-18(21)23/h8-11,14,19H,4-7,12-13H2,1-3H3,(H,20,22)/t19-/m1/s1. The molecule has 0 radical (unpaired) electrons. The van der Waals surface area contributed by atoms with Gasteiger partial charge in [0.25, 0.3) is 0 Å². The third kappa shape index (κ3) is 4.98. The molecule has 5 heteroatoms. The lowest BCUT2D eigenvalue weighted by atomic mass is 9.96. The van der Waals surface area contributed by atoms with E-state index in [1.807, 2.05) is 24.3 Å². The van der Waals surface area contributed by atoms with Gasteiger partial charge in [-0.2, -0.15) is 0 Å². The maximum Gasteiger partial charge on any atom is 0.240 e. The molecule has 2 rings (SSSR count). The van der Waals surface area contributed by atoms with E-state index in [1.54, 1.807) is 12.0 Å². The molecule has 5 nitrogen and oxygen atoms in total. The van der Waals surface area contributed by atoms with Crippen LogP contribution in [-0.2, 0) is 9.59 Å². The van der Waals surface area contributed by atoms with E-state index in [1.165, 1.54) is 0 Å². The van der Waals surface area contributed by atoms with Crippen LogP contribution in [0, 0.1) is 5.92 Å². The van der Waals surface area contributed by atoms with Crippen LogP contribution in [0.5, 0.6) is 5.75 Å². The van der Waals surface area contributed by atoms with E-state index < -0.39 is 0 Å². The van der Waals surface area contributed by atoms with Gasteiger partial charge in [0.2, 0.25) is 11.8 Å². The number of hydrogen-bond donors (Lipinski definition) is 1. The highest BCUT2D eigenvalue weighted by atomic mass is 16.5. The van der Waals surface area contributed by atoms with Crippen molar-refractivity contribution in [2.45, 2.75) is 45.6 Å². The van der Waals surface area contributed by atoms with Crippen LogP contribution in [0.4, 0.5) is 0 Å². The van der Waals surface area contributed by atoms with Crippen molar-refractivity contribution < 1.29 is 14.3 Å². The van der Waals surface area contributed by atoms with E-state index >= 15 is 0 Å². The predicted octanol–water partition coefficient (Wildman–Crippen LogP) is 2.91. The van der Waals surface area contributed by atoms with Crippen LogP contribution in [0.2, 0.25) is 0 Å². The number of carbonyl (C=O) groups excluding carboxylic acids is 2. The average Bonchev–Trinajstić information content (AvgIpc) is 2.77.